The van der Waals surface area contributed by atoms with Crippen molar-refractivity contribution in [1.29, 1.82) is 0 Å². The molecular formula is C15H13BrFNO2. The molecule has 5 heteroatoms. The second kappa shape index (κ2) is 5.32. The number of nitrogens with one attached hydrogen (secondary N) is 1. The smallest absolute Gasteiger partial charge is 0.231 e. The maximum Gasteiger partial charge on any atom is 0.231 e. The van der Waals surface area contributed by atoms with Gasteiger partial charge in [0, 0.05) is 12.2 Å². The van der Waals surface area contributed by atoms with Crippen molar-refractivity contribution in [1.82, 2.24) is 0 Å². The molecule has 20 heavy (non-hydrogen) atoms. The summed E-state index contributed by atoms with van der Waals surface area (Å²) in [5.41, 5.74) is 2.86. The predicted molar refractivity (Wildman–Crippen MR) is 78.7 cm³/mol. The zero-order chi connectivity index (χ0) is 14.1. The van der Waals surface area contributed by atoms with E-state index in [2.05, 4.69) is 21.2 Å². The molecular weight excluding hydrogens is 325 g/mol. The van der Waals surface area contributed by atoms with Crippen molar-refractivity contribution in [2.24, 2.45) is 0 Å². The van der Waals surface area contributed by atoms with Gasteiger partial charge in [0.1, 0.15) is 5.82 Å². The van der Waals surface area contributed by atoms with Crippen LogP contribution in [0.5, 0.6) is 11.5 Å². The Labute approximate surface area is 124 Å². The first-order valence-electron chi connectivity index (χ1n) is 6.21. The summed E-state index contributed by atoms with van der Waals surface area (Å²) in [7, 11) is 0. The van der Waals surface area contributed by atoms with Crippen LogP contribution in [0.15, 0.2) is 34.8 Å². The molecule has 3 rings (SSSR count). The van der Waals surface area contributed by atoms with Crippen LogP contribution in [0, 0.1) is 12.7 Å². The quantitative estimate of drug-likeness (QED) is 0.908. The third-order valence-corrected chi connectivity index (χ3v) is 3.75. The number of aryl methyl sites for hydroxylation is 1. The predicted octanol–water partition coefficient (Wildman–Crippen LogP) is 4.24. The molecule has 0 fully saturated rings. The Hall–Kier alpha value is -1.75. The van der Waals surface area contributed by atoms with Gasteiger partial charge in [0.25, 0.3) is 0 Å². The van der Waals surface area contributed by atoms with Crippen molar-refractivity contribution in [3.8, 4) is 11.5 Å². The summed E-state index contributed by atoms with van der Waals surface area (Å²) in [6.45, 7) is 2.75. The number of anilines is 1. The minimum Gasteiger partial charge on any atom is -0.454 e. The fourth-order valence-electron chi connectivity index (χ4n) is 2.15. The molecule has 0 bridgehead atoms. The van der Waals surface area contributed by atoms with E-state index in [1.54, 1.807) is 6.07 Å². The van der Waals surface area contributed by atoms with Gasteiger partial charge >= 0.3 is 0 Å². The number of hydrogen-bond acceptors (Lipinski definition) is 3. The molecule has 0 aliphatic carbocycles. The number of fused-ring (bicyclic) bond motifs is 1. The summed E-state index contributed by atoms with van der Waals surface area (Å²) in [5, 5.41) is 3.29. The molecule has 1 aliphatic heterocycles. The van der Waals surface area contributed by atoms with Crippen molar-refractivity contribution < 1.29 is 13.9 Å². The molecule has 0 aromatic heterocycles. The third-order valence-electron chi connectivity index (χ3n) is 3.16. The highest BCUT2D eigenvalue weighted by Crippen LogP contribution is 2.40. The zero-order valence-electron chi connectivity index (χ0n) is 10.9. The van der Waals surface area contributed by atoms with Gasteiger partial charge < -0.3 is 14.8 Å². The van der Waals surface area contributed by atoms with E-state index in [1.165, 1.54) is 12.1 Å². The second-order valence-electron chi connectivity index (χ2n) is 4.62. The first kappa shape index (κ1) is 13.2. The molecule has 3 nitrogen and oxygen atoms in total. The van der Waals surface area contributed by atoms with Crippen molar-refractivity contribution in [3.05, 3.63) is 51.7 Å². The normalized spacial score (nSPS) is 12.6. The number of ether oxygens (including phenoxy) is 2. The topological polar surface area (TPSA) is 30.5 Å². The number of rotatable bonds is 3. The minimum absolute atomic E-state index is 0.223. The lowest BCUT2D eigenvalue weighted by Gasteiger charge is -2.10. The van der Waals surface area contributed by atoms with Gasteiger partial charge in [0.2, 0.25) is 6.79 Å². The Balaban J connectivity index is 1.77. The Morgan fingerprint density at radius 1 is 1.25 bits per heavy atom. The highest BCUT2D eigenvalue weighted by Gasteiger charge is 2.17. The summed E-state index contributed by atoms with van der Waals surface area (Å²) in [4.78, 5) is 0. The van der Waals surface area contributed by atoms with Gasteiger partial charge in [0.05, 0.1) is 4.47 Å². The van der Waals surface area contributed by atoms with E-state index >= 15 is 0 Å². The van der Waals surface area contributed by atoms with Crippen LogP contribution in [0.2, 0.25) is 0 Å². The summed E-state index contributed by atoms with van der Waals surface area (Å²) < 4.78 is 24.7. The Bertz CT molecular complexity index is 661. The maximum absolute atomic E-state index is 13.0. The van der Waals surface area contributed by atoms with Crippen LogP contribution in [0.4, 0.5) is 10.1 Å². The van der Waals surface area contributed by atoms with Gasteiger partial charge in [-0.05, 0) is 64.3 Å². The average Bonchev–Trinajstić information content (AvgIpc) is 2.86. The van der Waals surface area contributed by atoms with Gasteiger partial charge in [-0.15, -0.1) is 0 Å². The molecule has 1 aliphatic rings. The van der Waals surface area contributed by atoms with Gasteiger partial charge in [-0.2, -0.15) is 0 Å². The first-order chi connectivity index (χ1) is 9.63. The zero-order valence-corrected chi connectivity index (χ0v) is 12.5. The summed E-state index contributed by atoms with van der Waals surface area (Å²) >= 11 is 3.47. The van der Waals surface area contributed by atoms with Crippen molar-refractivity contribution in [3.63, 3.8) is 0 Å². The largest absolute Gasteiger partial charge is 0.454 e. The maximum atomic E-state index is 13.0. The number of benzene rings is 2. The fraction of sp³-hybridized carbons (Fsp3) is 0.200. The van der Waals surface area contributed by atoms with Crippen molar-refractivity contribution in [2.45, 2.75) is 13.5 Å². The summed E-state index contributed by atoms with van der Waals surface area (Å²) in [6, 6.07) is 8.63. The van der Waals surface area contributed by atoms with Gasteiger partial charge in [-0.25, -0.2) is 4.39 Å². The second-order valence-corrected chi connectivity index (χ2v) is 5.48. The summed E-state index contributed by atoms with van der Waals surface area (Å²) in [6.07, 6.45) is 0. The van der Waals surface area contributed by atoms with Crippen molar-refractivity contribution in [2.75, 3.05) is 12.1 Å². The van der Waals surface area contributed by atoms with E-state index in [0.717, 1.165) is 32.8 Å². The molecule has 1 N–H and O–H groups in total. The molecule has 0 saturated carbocycles. The Kier molecular flexibility index (Phi) is 3.53. The summed E-state index contributed by atoms with van der Waals surface area (Å²) in [5.74, 6) is 1.26. The molecule has 0 unspecified atom stereocenters. The molecule has 0 radical (unpaired) electrons. The van der Waals surface area contributed by atoms with E-state index in [9.17, 15) is 4.39 Å². The van der Waals surface area contributed by atoms with Gasteiger partial charge in [0.15, 0.2) is 11.5 Å². The van der Waals surface area contributed by atoms with Crippen LogP contribution in [-0.4, -0.2) is 6.79 Å². The average molecular weight is 338 g/mol. The highest BCUT2D eigenvalue weighted by molar-refractivity contribution is 9.10. The first-order valence-corrected chi connectivity index (χ1v) is 7.01. The molecule has 0 spiro atoms. The lowest BCUT2D eigenvalue weighted by molar-refractivity contribution is 0.173. The van der Waals surface area contributed by atoms with Crippen LogP contribution in [0.3, 0.4) is 0 Å². The monoisotopic (exact) mass is 337 g/mol. The van der Waals surface area contributed by atoms with Crippen LogP contribution in [-0.2, 0) is 6.54 Å². The molecule has 0 atom stereocenters. The van der Waals surface area contributed by atoms with E-state index < -0.39 is 0 Å². The van der Waals surface area contributed by atoms with E-state index in [4.69, 9.17) is 9.47 Å². The molecule has 0 saturated heterocycles. The van der Waals surface area contributed by atoms with E-state index in [0.29, 0.717) is 6.54 Å². The highest BCUT2D eigenvalue weighted by atomic mass is 79.9. The minimum atomic E-state index is -0.223. The number of halogens is 2. The van der Waals surface area contributed by atoms with Crippen LogP contribution < -0.4 is 14.8 Å². The lowest BCUT2D eigenvalue weighted by Crippen LogP contribution is -2.01. The Morgan fingerprint density at radius 3 is 2.90 bits per heavy atom. The van der Waals surface area contributed by atoms with Gasteiger partial charge in [-0.3, -0.25) is 0 Å². The van der Waals surface area contributed by atoms with E-state index in [-0.39, 0.29) is 12.6 Å². The SMILES string of the molecule is Cc1cc(F)ccc1NCc1cc(Br)c2c(c1)OCO2. The Morgan fingerprint density at radius 2 is 2.10 bits per heavy atom. The van der Waals surface area contributed by atoms with Crippen LogP contribution >= 0.6 is 15.9 Å². The standard InChI is InChI=1S/C15H13BrFNO2/c1-9-4-11(17)2-3-13(9)18-7-10-5-12(16)15-14(6-10)19-8-20-15/h2-6,18H,7-8H2,1H3. The van der Waals surface area contributed by atoms with Crippen molar-refractivity contribution >= 4 is 21.6 Å². The lowest BCUT2D eigenvalue weighted by atomic mass is 10.1. The van der Waals surface area contributed by atoms with Crippen LogP contribution in [0.25, 0.3) is 0 Å². The molecule has 2 aromatic carbocycles. The van der Waals surface area contributed by atoms with E-state index in [1.807, 2.05) is 19.1 Å². The molecule has 104 valence electrons. The molecule has 2 aromatic rings. The third kappa shape index (κ3) is 2.58. The molecule has 0 amide bonds. The number of hydrogen-bond donors (Lipinski definition) is 1. The van der Waals surface area contributed by atoms with Gasteiger partial charge in [-0.1, -0.05) is 0 Å². The van der Waals surface area contributed by atoms with Crippen LogP contribution in [0.1, 0.15) is 11.1 Å². The fourth-order valence-corrected chi connectivity index (χ4v) is 2.75. The molecule has 1 heterocycles.